The fourth-order valence-electron chi connectivity index (χ4n) is 2.63. The maximum Gasteiger partial charge on any atom is 0.260 e. The minimum atomic E-state index is -0.0904. The second-order valence-corrected chi connectivity index (χ2v) is 6.00. The van der Waals surface area contributed by atoms with E-state index in [1.165, 1.54) is 0 Å². The Morgan fingerprint density at radius 1 is 0.852 bits per heavy atom. The lowest BCUT2D eigenvalue weighted by atomic mass is 10.3. The smallest absolute Gasteiger partial charge is 0.260 e. The molecule has 2 amide bonds. The molecule has 2 rings (SSSR count). The van der Waals surface area contributed by atoms with Gasteiger partial charge in [-0.15, -0.1) is 0 Å². The van der Waals surface area contributed by atoms with Crippen LogP contribution in [-0.2, 0) is 19.1 Å². The normalized spacial score (nSPS) is 14.1. The maximum absolute atomic E-state index is 12.3. The summed E-state index contributed by atoms with van der Waals surface area (Å²) in [6.07, 6.45) is 0. The summed E-state index contributed by atoms with van der Waals surface area (Å²) in [6.45, 7) is 5.39. The summed E-state index contributed by atoms with van der Waals surface area (Å²) in [5.41, 5.74) is 0. The number of rotatable bonds is 10. The summed E-state index contributed by atoms with van der Waals surface area (Å²) in [7, 11) is 1.58. The van der Waals surface area contributed by atoms with Gasteiger partial charge < -0.3 is 28.7 Å². The number of methoxy groups -OCH3 is 1. The van der Waals surface area contributed by atoms with Crippen LogP contribution in [0.2, 0.25) is 0 Å². The number of hydrogen-bond donors (Lipinski definition) is 0. The van der Waals surface area contributed by atoms with Crippen molar-refractivity contribution in [2.24, 2.45) is 0 Å². The van der Waals surface area contributed by atoms with E-state index in [9.17, 15) is 9.59 Å². The zero-order valence-electron chi connectivity index (χ0n) is 16.0. The Kier molecular flexibility index (Phi) is 8.86. The zero-order valence-corrected chi connectivity index (χ0v) is 16.0. The van der Waals surface area contributed by atoms with Crippen LogP contribution in [0.3, 0.4) is 0 Å². The molecule has 8 nitrogen and oxygen atoms in total. The fraction of sp³-hybridized carbons (Fsp3) is 0.579. The Morgan fingerprint density at radius 2 is 1.37 bits per heavy atom. The molecular formula is C19H28N2O6. The van der Waals surface area contributed by atoms with Gasteiger partial charge in [0, 0.05) is 33.3 Å². The molecule has 1 aliphatic heterocycles. The highest BCUT2D eigenvalue weighted by Crippen LogP contribution is 2.17. The zero-order chi connectivity index (χ0) is 19.5. The van der Waals surface area contributed by atoms with Crippen LogP contribution in [0.4, 0.5) is 0 Å². The first kappa shape index (κ1) is 21.0. The minimum Gasteiger partial charge on any atom is -0.494 e. The van der Waals surface area contributed by atoms with Crippen molar-refractivity contribution in [3.63, 3.8) is 0 Å². The van der Waals surface area contributed by atoms with Gasteiger partial charge in [-0.1, -0.05) is 0 Å². The number of nitrogens with zero attached hydrogens (tertiary/aromatic N) is 2. The van der Waals surface area contributed by atoms with E-state index in [1.807, 2.05) is 19.1 Å². The van der Waals surface area contributed by atoms with E-state index in [0.717, 1.165) is 5.75 Å². The van der Waals surface area contributed by atoms with Crippen LogP contribution in [0.15, 0.2) is 24.3 Å². The van der Waals surface area contributed by atoms with Crippen LogP contribution in [0.25, 0.3) is 0 Å². The molecule has 0 N–H and O–H groups in total. The Hall–Kier alpha value is -2.32. The summed E-state index contributed by atoms with van der Waals surface area (Å²) in [5.74, 6) is 1.23. The summed E-state index contributed by atoms with van der Waals surface area (Å²) in [5, 5.41) is 0. The number of ether oxygens (including phenoxy) is 4. The lowest BCUT2D eigenvalue weighted by Gasteiger charge is -2.34. The summed E-state index contributed by atoms with van der Waals surface area (Å²) < 4.78 is 21.0. The quantitative estimate of drug-likeness (QED) is 0.559. The van der Waals surface area contributed by atoms with Gasteiger partial charge in [-0.25, -0.2) is 0 Å². The van der Waals surface area contributed by atoms with Crippen LogP contribution in [0, 0.1) is 0 Å². The number of piperazine rings is 1. The summed E-state index contributed by atoms with van der Waals surface area (Å²) >= 11 is 0. The van der Waals surface area contributed by atoms with Gasteiger partial charge in [0.25, 0.3) is 5.91 Å². The first-order valence-corrected chi connectivity index (χ1v) is 9.12. The molecule has 0 spiro atoms. The molecule has 0 bridgehead atoms. The summed E-state index contributed by atoms with van der Waals surface area (Å²) in [4.78, 5) is 27.8. The first-order chi connectivity index (χ1) is 13.1. The Morgan fingerprint density at radius 3 is 1.89 bits per heavy atom. The van der Waals surface area contributed by atoms with Crippen LogP contribution < -0.4 is 9.47 Å². The van der Waals surface area contributed by atoms with Gasteiger partial charge >= 0.3 is 0 Å². The molecule has 1 aromatic rings. The topological polar surface area (TPSA) is 77.5 Å². The molecule has 1 heterocycles. The van der Waals surface area contributed by atoms with Gasteiger partial charge in [-0.05, 0) is 31.2 Å². The molecule has 0 radical (unpaired) electrons. The largest absolute Gasteiger partial charge is 0.494 e. The van der Waals surface area contributed by atoms with Crippen molar-refractivity contribution in [3.05, 3.63) is 24.3 Å². The molecule has 1 aliphatic rings. The van der Waals surface area contributed by atoms with E-state index < -0.39 is 0 Å². The number of hydrogen-bond acceptors (Lipinski definition) is 6. The van der Waals surface area contributed by atoms with Crippen molar-refractivity contribution in [3.8, 4) is 11.5 Å². The van der Waals surface area contributed by atoms with Gasteiger partial charge in [0.2, 0.25) is 5.91 Å². The van der Waals surface area contributed by atoms with E-state index in [2.05, 4.69) is 0 Å². The Bertz CT molecular complexity index is 584. The summed E-state index contributed by atoms with van der Waals surface area (Å²) in [6, 6.07) is 7.17. The predicted octanol–water partition coefficient (Wildman–Crippen LogP) is 0.798. The average Bonchev–Trinajstić information content (AvgIpc) is 2.70. The lowest BCUT2D eigenvalue weighted by Crippen LogP contribution is -2.52. The van der Waals surface area contributed by atoms with E-state index >= 15 is 0 Å². The number of carbonyl (C=O) groups is 2. The van der Waals surface area contributed by atoms with Crippen LogP contribution in [0.1, 0.15) is 6.92 Å². The van der Waals surface area contributed by atoms with Gasteiger partial charge in [0.05, 0.1) is 19.8 Å². The number of amides is 2. The highest BCUT2D eigenvalue weighted by molar-refractivity contribution is 5.79. The van der Waals surface area contributed by atoms with Crippen LogP contribution in [-0.4, -0.2) is 87.9 Å². The van der Waals surface area contributed by atoms with Gasteiger partial charge in [-0.3, -0.25) is 9.59 Å². The van der Waals surface area contributed by atoms with E-state index in [0.29, 0.717) is 51.7 Å². The van der Waals surface area contributed by atoms with Crippen LogP contribution in [0.5, 0.6) is 11.5 Å². The predicted molar refractivity (Wildman–Crippen MR) is 99.0 cm³/mol. The second kappa shape index (κ2) is 11.4. The number of carbonyl (C=O) groups excluding carboxylic acids is 2. The van der Waals surface area contributed by atoms with E-state index in [4.69, 9.17) is 18.9 Å². The van der Waals surface area contributed by atoms with Crippen molar-refractivity contribution in [2.45, 2.75) is 6.92 Å². The fourth-order valence-corrected chi connectivity index (χ4v) is 2.63. The molecule has 1 saturated heterocycles. The molecule has 0 saturated carbocycles. The van der Waals surface area contributed by atoms with Crippen molar-refractivity contribution in [2.75, 3.05) is 66.3 Å². The lowest BCUT2D eigenvalue weighted by molar-refractivity contribution is -0.143. The van der Waals surface area contributed by atoms with Crippen molar-refractivity contribution < 1.29 is 28.5 Å². The highest BCUT2D eigenvalue weighted by atomic mass is 16.5. The third-order valence-corrected chi connectivity index (χ3v) is 4.14. The molecule has 0 atom stereocenters. The highest BCUT2D eigenvalue weighted by Gasteiger charge is 2.24. The van der Waals surface area contributed by atoms with Gasteiger partial charge in [0.1, 0.15) is 18.1 Å². The van der Waals surface area contributed by atoms with Crippen molar-refractivity contribution in [1.29, 1.82) is 0 Å². The Labute approximate surface area is 159 Å². The van der Waals surface area contributed by atoms with Crippen molar-refractivity contribution >= 4 is 11.8 Å². The maximum atomic E-state index is 12.3. The van der Waals surface area contributed by atoms with Crippen molar-refractivity contribution in [1.82, 2.24) is 9.80 Å². The first-order valence-electron chi connectivity index (χ1n) is 9.12. The van der Waals surface area contributed by atoms with Gasteiger partial charge in [-0.2, -0.15) is 0 Å². The molecule has 0 aliphatic carbocycles. The molecule has 8 heteroatoms. The second-order valence-electron chi connectivity index (χ2n) is 6.00. The standard InChI is InChI=1S/C19H28N2O6/c1-3-26-16-4-6-17(7-5-16)27-15-19(23)21-10-8-20(9-11-21)18(22)14-25-13-12-24-2/h4-7H,3,8-15H2,1-2H3. The SMILES string of the molecule is CCOc1ccc(OCC(=O)N2CCN(C(=O)COCCOC)CC2)cc1. The van der Waals surface area contributed by atoms with Crippen LogP contribution >= 0.6 is 0 Å². The molecule has 1 fully saturated rings. The number of benzene rings is 1. The minimum absolute atomic E-state index is 0.0257. The van der Waals surface area contributed by atoms with E-state index in [-0.39, 0.29) is 25.0 Å². The molecule has 27 heavy (non-hydrogen) atoms. The third kappa shape index (κ3) is 7.07. The molecule has 1 aromatic carbocycles. The monoisotopic (exact) mass is 380 g/mol. The van der Waals surface area contributed by atoms with Gasteiger partial charge in [0.15, 0.2) is 6.61 Å². The molecule has 150 valence electrons. The Balaban J connectivity index is 1.67. The van der Waals surface area contributed by atoms with E-state index in [1.54, 1.807) is 29.0 Å². The average molecular weight is 380 g/mol. The molecular weight excluding hydrogens is 352 g/mol. The third-order valence-electron chi connectivity index (χ3n) is 4.14. The molecule has 0 aromatic heterocycles. The molecule has 0 unspecified atom stereocenters.